The van der Waals surface area contributed by atoms with Crippen LogP contribution in [0.5, 0.6) is 0 Å². The summed E-state index contributed by atoms with van der Waals surface area (Å²) in [6.45, 7) is 4.15. The van der Waals surface area contributed by atoms with Crippen LogP contribution in [-0.4, -0.2) is 44.6 Å². The topological polar surface area (TPSA) is 98.3 Å². The summed E-state index contributed by atoms with van der Waals surface area (Å²) in [5.41, 5.74) is 3.04. The third-order valence-corrected chi connectivity index (χ3v) is 7.18. The molecule has 0 spiro atoms. The molecule has 1 aromatic heterocycles. The summed E-state index contributed by atoms with van der Waals surface area (Å²) < 4.78 is 15.4. The van der Waals surface area contributed by atoms with Crippen LogP contribution >= 0.6 is 22.6 Å². The molecule has 1 saturated heterocycles. The molecule has 7 nitrogen and oxygen atoms in total. The number of carboxylic acid groups (broad SMARTS) is 1. The fourth-order valence-corrected chi connectivity index (χ4v) is 4.99. The van der Waals surface area contributed by atoms with Gasteiger partial charge in [-0.05, 0) is 64.6 Å². The lowest BCUT2D eigenvalue weighted by molar-refractivity contribution is -0.135. The van der Waals surface area contributed by atoms with Gasteiger partial charge in [0.2, 0.25) is 5.91 Å². The molecule has 1 fully saturated rings. The van der Waals surface area contributed by atoms with Gasteiger partial charge in [-0.15, -0.1) is 0 Å². The molecule has 0 aliphatic carbocycles. The first kappa shape index (κ1) is 24.2. The van der Waals surface area contributed by atoms with Crippen LogP contribution in [0.15, 0.2) is 48.7 Å². The van der Waals surface area contributed by atoms with E-state index in [-0.39, 0.29) is 23.7 Å². The number of rotatable bonds is 6. The second kappa shape index (κ2) is 10.1. The van der Waals surface area contributed by atoms with Crippen molar-refractivity contribution in [2.24, 2.45) is 5.92 Å². The van der Waals surface area contributed by atoms with Gasteiger partial charge in [0.15, 0.2) is 0 Å². The molecule has 0 bridgehead atoms. The number of carbonyl (C=O) groups excluding carboxylic acids is 1. The van der Waals surface area contributed by atoms with Crippen LogP contribution < -0.4 is 5.32 Å². The first-order chi connectivity index (χ1) is 16.3. The van der Waals surface area contributed by atoms with Crippen molar-refractivity contribution >= 4 is 34.6 Å². The van der Waals surface area contributed by atoms with Gasteiger partial charge in [0.1, 0.15) is 17.7 Å². The summed E-state index contributed by atoms with van der Waals surface area (Å²) in [5, 5.41) is 11.5. The second-order valence-corrected chi connectivity index (χ2v) is 9.81. The number of halogens is 2. The Morgan fingerprint density at radius 2 is 1.97 bits per heavy atom. The molecule has 2 amide bonds. The number of hydrogen-bond donors (Lipinski definition) is 3. The molecule has 2 atom stereocenters. The van der Waals surface area contributed by atoms with Crippen LogP contribution in [0.4, 0.5) is 9.18 Å². The average molecular weight is 576 g/mol. The lowest BCUT2D eigenvalue weighted by Gasteiger charge is -2.29. The Morgan fingerprint density at radius 3 is 2.65 bits per heavy atom. The number of imidazole rings is 1. The maximum Gasteiger partial charge on any atom is 0.405 e. The molecular weight excluding hydrogens is 550 g/mol. The predicted molar refractivity (Wildman–Crippen MR) is 136 cm³/mol. The lowest BCUT2D eigenvalue weighted by atomic mass is 10.0. The number of nitrogens with zero attached hydrogens (tertiary/aromatic N) is 2. The Hall–Kier alpha value is -2.95. The van der Waals surface area contributed by atoms with Crippen molar-refractivity contribution in [3.8, 4) is 22.4 Å². The van der Waals surface area contributed by atoms with Crippen molar-refractivity contribution in [3.63, 3.8) is 0 Å². The number of nitrogens with one attached hydrogen (secondary N) is 2. The highest BCUT2D eigenvalue weighted by molar-refractivity contribution is 14.1. The first-order valence-corrected chi connectivity index (χ1v) is 12.2. The molecular formula is C25H26FIN4O3. The van der Waals surface area contributed by atoms with E-state index in [4.69, 9.17) is 5.11 Å². The monoisotopic (exact) mass is 576 g/mol. The third kappa shape index (κ3) is 4.94. The zero-order chi connectivity index (χ0) is 24.4. The molecule has 0 unspecified atom stereocenters. The minimum atomic E-state index is -1.22. The van der Waals surface area contributed by atoms with Crippen LogP contribution in [0.25, 0.3) is 22.4 Å². The van der Waals surface area contributed by atoms with Gasteiger partial charge in [0.05, 0.1) is 21.5 Å². The highest BCUT2D eigenvalue weighted by Gasteiger charge is 2.37. The number of aromatic amines is 1. The first-order valence-electron chi connectivity index (χ1n) is 11.2. The summed E-state index contributed by atoms with van der Waals surface area (Å²) >= 11 is 2.02. The number of carbonyl (C=O) groups is 2. The molecule has 9 heteroatoms. The summed E-state index contributed by atoms with van der Waals surface area (Å²) in [4.78, 5) is 33.9. The average Bonchev–Trinajstić information content (AvgIpc) is 3.48. The van der Waals surface area contributed by atoms with Gasteiger partial charge in [0, 0.05) is 12.1 Å². The minimum Gasteiger partial charge on any atom is -0.465 e. The number of amides is 2. The van der Waals surface area contributed by atoms with Gasteiger partial charge >= 0.3 is 6.09 Å². The van der Waals surface area contributed by atoms with Crippen LogP contribution in [-0.2, 0) is 4.79 Å². The summed E-state index contributed by atoms with van der Waals surface area (Å²) in [7, 11) is 0. The highest BCUT2D eigenvalue weighted by atomic mass is 127. The molecule has 2 aromatic carbocycles. The number of aromatic nitrogens is 2. The second-order valence-electron chi connectivity index (χ2n) is 8.73. The third-order valence-electron chi connectivity index (χ3n) is 6.08. The molecule has 1 aliphatic heterocycles. The lowest BCUT2D eigenvalue weighted by Crippen LogP contribution is -2.50. The predicted octanol–water partition coefficient (Wildman–Crippen LogP) is 5.44. The van der Waals surface area contributed by atoms with E-state index in [2.05, 4.69) is 15.3 Å². The Labute approximate surface area is 210 Å². The Bertz CT molecular complexity index is 1200. The molecule has 2 heterocycles. The fourth-order valence-electron chi connectivity index (χ4n) is 4.37. The Kier molecular flexibility index (Phi) is 7.20. The van der Waals surface area contributed by atoms with Gasteiger partial charge < -0.3 is 20.3 Å². The number of likely N-dealkylation sites (tertiary alicyclic amines) is 1. The quantitative estimate of drug-likeness (QED) is 0.341. The molecule has 34 heavy (non-hydrogen) atoms. The maximum absolute atomic E-state index is 14.8. The van der Waals surface area contributed by atoms with Crippen molar-refractivity contribution in [2.75, 3.05) is 6.54 Å². The van der Waals surface area contributed by atoms with E-state index in [1.54, 1.807) is 11.1 Å². The van der Waals surface area contributed by atoms with Crippen LogP contribution in [0.3, 0.4) is 0 Å². The van der Waals surface area contributed by atoms with Crippen molar-refractivity contribution in [1.82, 2.24) is 20.2 Å². The molecule has 0 saturated carbocycles. The highest BCUT2D eigenvalue weighted by Crippen LogP contribution is 2.35. The molecule has 0 radical (unpaired) electrons. The van der Waals surface area contributed by atoms with E-state index < -0.39 is 12.1 Å². The zero-order valence-corrected chi connectivity index (χ0v) is 21.0. The van der Waals surface area contributed by atoms with E-state index in [9.17, 15) is 14.0 Å². The van der Waals surface area contributed by atoms with Crippen molar-refractivity contribution < 1.29 is 19.1 Å². The zero-order valence-electron chi connectivity index (χ0n) is 18.9. The smallest absolute Gasteiger partial charge is 0.405 e. The van der Waals surface area contributed by atoms with Crippen molar-refractivity contribution in [3.05, 3.63) is 63.9 Å². The normalized spacial score (nSPS) is 16.6. The summed E-state index contributed by atoms with van der Waals surface area (Å²) in [6, 6.07) is 11.9. The Balaban J connectivity index is 1.63. The maximum atomic E-state index is 14.8. The van der Waals surface area contributed by atoms with Gasteiger partial charge in [-0.3, -0.25) is 4.79 Å². The molecule has 4 rings (SSSR count). The van der Waals surface area contributed by atoms with Crippen LogP contribution in [0, 0.1) is 15.3 Å². The van der Waals surface area contributed by atoms with Crippen LogP contribution in [0.2, 0.25) is 0 Å². The number of benzene rings is 2. The van der Waals surface area contributed by atoms with E-state index in [1.807, 2.05) is 72.8 Å². The number of H-pyrrole nitrogens is 1. The summed E-state index contributed by atoms with van der Waals surface area (Å²) in [6.07, 6.45) is 1.94. The fraction of sp³-hybridized carbons (Fsp3) is 0.320. The Morgan fingerprint density at radius 1 is 1.24 bits per heavy atom. The summed E-state index contributed by atoms with van der Waals surface area (Å²) in [5.74, 6) is -0.156. The largest absolute Gasteiger partial charge is 0.465 e. The standard InChI is InChI=1S/C25H26FIN4O3/c1-14(2)22(30-25(33)34)24(32)31-10-6-9-20(31)23-28-13-19(29-23)16-11-17(21(27)18(26)12-16)15-7-4-3-5-8-15/h3-5,7-8,11-14,20,22,30H,6,9-10H2,1-2H3,(H,28,29)(H,33,34)/t20-,22-/m0/s1. The molecule has 3 aromatic rings. The van der Waals surface area contributed by atoms with E-state index in [0.717, 1.165) is 17.5 Å². The van der Waals surface area contributed by atoms with Crippen molar-refractivity contribution in [1.29, 1.82) is 0 Å². The van der Waals surface area contributed by atoms with E-state index >= 15 is 0 Å². The molecule has 1 aliphatic rings. The minimum absolute atomic E-state index is 0.191. The SMILES string of the molecule is CC(C)[C@H](NC(=O)O)C(=O)N1CCC[C@H]1c1ncc(-c2cc(F)c(I)c(-c3ccccc3)c2)[nH]1. The molecule has 3 N–H and O–H groups in total. The van der Waals surface area contributed by atoms with Gasteiger partial charge in [-0.25, -0.2) is 14.2 Å². The number of hydrogen-bond acceptors (Lipinski definition) is 3. The van der Waals surface area contributed by atoms with Gasteiger partial charge in [0.25, 0.3) is 0 Å². The van der Waals surface area contributed by atoms with Gasteiger partial charge in [-0.2, -0.15) is 0 Å². The van der Waals surface area contributed by atoms with Crippen LogP contribution in [0.1, 0.15) is 38.6 Å². The van der Waals surface area contributed by atoms with Gasteiger partial charge in [-0.1, -0.05) is 44.2 Å². The molecule has 178 valence electrons. The van der Waals surface area contributed by atoms with Crippen molar-refractivity contribution in [2.45, 2.75) is 38.8 Å². The van der Waals surface area contributed by atoms with E-state index in [0.29, 0.717) is 33.6 Å². The van der Waals surface area contributed by atoms with E-state index in [1.165, 1.54) is 6.07 Å².